The molecule has 0 bridgehead atoms. The van der Waals surface area contributed by atoms with Crippen molar-refractivity contribution in [1.29, 1.82) is 5.26 Å². The van der Waals surface area contributed by atoms with Gasteiger partial charge in [-0.2, -0.15) is 5.26 Å². The van der Waals surface area contributed by atoms with Crippen molar-refractivity contribution in [3.05, 3.63) is 70.8 Å². The van der Waals surface area contributed by atoms with Crippen molar-refractivity contribution in [3.63, 3.8) is 0 Å². The molecule has 7 heteroatoms. The molecule has 0 saturated heterocycles. The number of nitrogens with one attached hydrogen (secondary N) is 1. The van der Waals surface area contributed by atoms with Crippen LogP contribution in [0.4, 0.5) is 8.78 Å². The van der Waals surface area contributed by atoms with E-state index in [0.717, 1.165) is 12.1 Å². The summed E-state index contributed by atoms with van der Waals surface area (Å²) in [7, 11) is 1.20. The largest absolute Gasteiger partial charge is 0.467 e. The zero-order chi connectivity index (χ0) is 19.1. The Balaban J connectivity index is 2.09. The summed E-state index contributed by atoms with van der Waals surface area (Å²) in [6.07, 6.45) is -0.0886. The van der Waals surface area contributed by atoms with Crippen LogP contribution in [0.15, 0.2) is 42.5 Å². The molecule has 0 spiro atoms. The average molecular weight is 358 g/mol. The molecule has 134 valence electrons. The van der Waals surface area contributed by atoms with E-state index in [9.17, 15) is 18.4 Å². The van der Waals surface area contributed by atoms with Crippen molar-refractivity contribution in [3.8, 4) is 6.07 Å². The number of methoxy groups -OCH3 is 1. The van der Waals surface area contributed by atoms with Gasteiger partial charge in [-0.3, -0.25) is 4.79 Å². The van der Waals surface area contributed by atoms with E-state index in [1.54, 1.807) is 24.3 Å². The number of nitrogens with zero attached hydrogens (tertiary/aromatic N) is 1. The minimum atomic E-state index is -1.05. The van der Waals surface area contributed by atoms with Gasteiger partial charge < -0.3 is 10.1 Å². The van der Waals surface area contributed by atoms with Gasteiger partial charge in [0, 0.05) is 6.42 Å². The van der Waals surface area contributed by atoms with E-state index in [4.69, 9.17) is 10.00 Å². The Morgan fingerprint density at radius 2 is 1.92 bits per heavy atom. The molecule has 2 aromatic carbocycles. The molecule has 1 amide bonds. The summed E-state index contributed by atoms with van der Waals surface area (Å²) >= 11 is 0. The molecule has 0 aliphatic rings. The first-order valence-corrected chi connectivity index (χ1v) is 7.73. The second-order valence-electron chi connectivity index (χ2n) is 5.58. The third-order valence-corrected chi connectivity index (χ3v) is 3.67. The molecule has 0 fully saturated rings. The summed E-state index contributed by atoms with van der Waals surface area (Å²) in [5.41, 5.74) is 1.38. The summed E-state index contributed by atoms with van der Waals surface area (Å²) in [5.74, 6) is -3.24. The maximum Gasteiger partial charge on any atom is 0.328 e. The summed E-state index contributed by atoms with van der Waals surface area (Å²) in [6.45, 7) is 0. The highest BCUT2D eigenvalue weighted by Gasteiger charge is 2.22. The van der Waals surface area contributed by atoms with Crippen LogP contribution >= 0.6 is 0 Å². The van der Waals surface area contributed by atoms with Gasteiger partial charge in [0.05, 0.1) is 25.2 Å². The highest BCUT2D eigenvalue weighted by atomic mass is 19.2. The van der Waals surface area contributed by atoms with E-state index in [1.807, 2.05) is 6.07 Å². The Hall–Kier alpha value is -3.27. The van der Waals surface area contributed by atoms with Gasteiger partial charge in [-0.1, -0.05) is 18.2 Å². The van der Waals surface area contributed by atoms with E-state index in [1.165, 1.54) is 13.2 Å². The first kappa shape index (κ1) is 19.1. The van der Waals surface area contributed by atoms with Crippen LogP contribution in [0.5, 0.6) is 0 Å². The Morgan fingerprint density at radius 1 is 1.15 bits per heavy atom. The lowest BCUT2D eigenvalue weighted by Gasteiger charge is -2.17. The van der Waals surface area contributed by atoms with Crippen molar-refractivity contribution >= 4 is 11.9 Å². The van der Waals surface area contributed by atoms with Crippen molar-refractivity contribution < 1.29 is 23.1 Å². The topological polar surface area (TPSA) is 79.2 Å². The molecule has 26 heavy (non-hydrogen) atoms. The smallest absolute Gasteiger partial charge is 0.328 e. The second kappa shape index (κ2) is 8.72. The second-order valence-corrected chi connectivity index (χ2v) is 5.58. The van der Waals surface area contributed by atoms with Gasteiger partial charge in [-0.15, -0.1) is 0 Å². The first-order valence-electron chi connectivity index (χ1n) is 7.73. The summed E-state index contributed by atoms with van der Waals surface area (Å²) in [6, 6.07) is 10.8. The number of halogens is 2. The monoisotopic (exact) mass is 358 g/mol. The van der Waals surface area contributed by atoms with Gasteiger partial charge in [0.1, 0.15) is 6.04 Å². The van der Waals surface area contributed by atoms with Crippen LogP contribution in [0.1, 0.15) is 16.7 Å². The molecule has 2 rings (SSSR count). The Kier molecular flexibility index (Phi) is 6.39. The maximum atomic E-state index is 13.2. The number of esters is 1. The van der Waals surface area contributed by atoms with Gasteiger partial charge >= 0.3 is 5.97 Å². The van der Waals surface area contributed by atoms with E-state index < -0.39 is 29.6 Å². The summed E-state index contributed by atoms with van der Waals surface area (Å²) in [5, 5.41) is 11.5. The number of carbonyl (C=O) groups excluding carboxylic acids is 2. The Morgan fingerprint density at radius 3 is 2.58 bits per heavy atom. The number of carbonyl (C=O) groups is 2. The molecule has 0 radical (unpaired) electrons. The number of benzene rings is 2. The van der Waals surface area contributed by atoms with Crippen LogP contribution in [-0.4, -0.2) is 25.0 Å². The quantitative estimate of drug-likeness (QED) is 0.804. The van der Waals surface area contributed by atoms with Crippen molar-refractivity contribution in [2.75, 3.05) is 7.11 Å². The molecule has 0 saturated carbocycles. The number of amides is 1. The van der Waals surface area contributed by atoms with Gasteiger partial charge in [0.15, 0.2) is 11.6 Å². The number of hydrogen-bond donors (Lipinski definition) is 1. The number of nitriles is 1. The predicted molar refractivity (Wildman–Crippen MR) is 88.9 cm³/mol. The Labute approximate surface area is 149 Å². The van der Waals surface area contributed by atoms with E-state index in [2.05, 4.69) is 5.32 Å². The SMILES string of the molecule is COC(=O)[C@H](Cc1cccc(C#N)c1)NC(=O)Cc1ccc(F)c(F)c1. The summed E-state index contributed by atoms with van der Waals surface area (Å²) < 4.78 is 30.9. The molecule has 2 aromatic rings. The Bertz CT molecular complexity index is 862. The van der Waals surface area contributed by atoms with Crippen LogP contribution in [0.2, 0.25) is 0 Å². The fourth-order valence-corrected chi connectivity index (χ4v) is 2.42. The van der Waals surface area contributed by atoms with Crippen LogP contribution in [0, 0.1) is 23.0 Å². The standard InChI is InChI=1S/C19H16F2N2O3/c1-26-19(25)17(9-12-3-2-4-14(7-12)11-22)23-18(24)10-13-5-6-15(20)16(21)8-13/h2-8,17H,9-10H2,1H3,(H,23,24)/t17-/m0/s1. The van der Waals surface area contributed by atoms with Crippen molar-refractivity contribution in [2.45, 2.75) is 18.9 Å². The minimum absolute atomic E-state index is 0.131. The summed E-state index contributed by atoms with van der Waals surface area (Å²) in [4.78, 5) is 24.1. The zero-order valence-electron chi connectivity index (χ0n) is 14.0. The third-order valence-electron chi connectivity index (χ3n) is 3.67. The van der Waals surface area contributed by atoms with Gasteiger partial charge in [-0.05, 0) is 35.4 Å². The molecule has 1 atom stereocenters. The van der Waals surface area contributed by atoms with Crippen molar-refractivity contribution in [2.24, 2.45) is 0 Å². The average Bonchev–Trinajstić information content (AvgIpc) is 2.63. The molecule has 0 aliphatic carbocycles. The fraction of sp³-hybridized carbons (Fsp3) is 0.211. The predicted octanol–water partition coefficient (Wildman–Crippen LogP) is 2.28. The molecular weight excluding hydrogens is 342 g/mol. The highest BCUT2D eigenvalue weighted by molar-refractivity contribution is 5.85. The molecule has 0 heterocycles. The number of rotatable bonds is 6. The maximum absolute atomic E-state index is 13.2. The highest BCUT2D eigenvalue weighted by Crippen LogP contribution is 2.11. The number of hydrogen-bond acceptors (Lipinski definition) is 4. The first-order chi connectivity index (χ1) is 12.4. The van der Waals surface area contributed by atoms with E-state index in [0.29, 0.717) is 11.1 Å². The molecule has 5 nitrogen and oxygen atoms in total. The van der Waals surface area contributed by atoms with Gasteiger partial charge in [0.25, 0.3) is 0 Å². The van der Waals surface area contributed by atoms with Gasteiger partial charge in [0.2, 0.25) is 5.91 Å². The van der Waals surface area contributed by atoms with Gasteiger partial charge in [-0.25, -0.2) is 13.6 Å². The molecule has 0 unspecified atom stereocenters. The molecular formula is C19H16F2N2O3. The molecule has 1 N–H and O–H groups in total. The van der Waals surface area contributed by atoms with Crippen LogP contribution in [0.25, 0.3) is 0 Å². The van der Waals surface area contributed by atoms with Crippen LogP contribution in [0.3, 0.4) is 0 Å². The molecule has 0 aliphatic heterocycles. The lowest BCUT2D eigenvalue weighted by Crippen LogP contribution is -2.43. The number of ether oxygens (including phenoxy) is 1. The third kappa shape index (κ3) is 5.11. The van der Waals surface area contributed by atoms with E-state index >= 15 is 0 Å². The molecule has 0 aromatic heterocycles. The fourth-order valence-electron chi connectivity index (χ4n) is 2.42. The lowest BCUT2D eigenvalue weighted by molar-refractivity contribution is -0.145. The zero-order valence-corrected chi connectivity index (χ0v) is 14.0. The van der Waals surface area contributed by atoms with Crippen molar-refractivity contribution in [1.82, 2.24) is 5.32 Å². The minimum Gasteiger partial charge on any atom is -0.467 e. The van der Waals surface area contributed by atoms with E-state index in [-0.39, 0.29) is 18.4 Å². The normalized spacial score (nSPS) is 11.3. The van der Waals surface area contributed by atoms with Crippen LogP contribution < -0.4 is 5.32 Å². The lowest BCUT2D eigenvalue weighted by atomic mass is 10.0. The van der Waals surface area contributed by atoms with Crippen LogP contribution in [-0.2, 0) is 27.2 Å².